The third kappa shape index (κ3) is 2.61. The predicted octanol–water partition coefficient (Wildman–Crippen LogP) is 1.10. The molecular weight excluding hydrogens is 258 g/mol. The molecule has 0 saturated heterocycles. The van der Waals surface area contributed by atoms with E-state index < -0.39 is 23.2 Å². The summed E-state index contributed by atoms with van der Waals surface area (Å²) in [7, 11) is 0. The van der Waals surface area contributed by atoms with Crippen molar-refractivity contribution in [3.05, 3.63) is 35.4 Å². The number of aliphatic carboxylic acids is 1. The zero-order chi connectivity index (χ0) is 15.0. The highest BCUT2D eigenvalue weighted by molar-refractivity contribution is 5.86. The molecule has 0 aliphatic heterocycles. The molecule has 1 aromatic rings. The van der Waals surface area contributed by atoms with Crippen molar-refractivity contribution < 1.29 is 19.4 Å². The Morgan fingerprint density at radius 1 is 1.30 bits per heavy atom. The summed E-state index contributed by atoms with van der Waals surface area (Å²) < 4.78 is 5.15. The summed E-state index contributed by atoms with van der Waals surface area (Å²) in [5.74, 6) is -1.31. The van der Waals surface area contributed by atoms with Gasteiger partial charge in [-0.3, -0.25) is 0 Å². The van der Waals surface area contributed by atoms with Crippen molar-refractivity contribution >= 4 is 12.1 Å². The molecule has 1 N–H and O–H groups in total. The van der Waals surface area contributed by atoms with Crippen LogP contribution >= 0.6 is 0 Å². The van der Waals surface area contributed by atoms with Crippen LogP contribution in [0.4, 0.5) is 4.79 Å². The number of nitrogens with one attached hydrogen (secondary N) is 1. The minimum atomic E-state index is -1.50. The summed E-state index contributed by atoms with van der Waals surface area (Å²) in [6.45, 7) is 5.17. The second kappa shape index (κ2) is 4.81. The number of carbonyl (C=O) groups excluding carboxylic acids is 2. The van der Waals surface area contributed by atoms with Crippen LogP contribution in [0, 0.1) is 0 Å². The average molecular weight is 276 g/mol. The molecule has 108 valence electrons. The number of carboxylic acids is 1. The second-order valence-electron chi connectivity index (χ2n) is 5.98. The number of ether oxygens (including phenoxy) is 1. The molecule has 0 aromatic heterocycles. The Hall–Kier alpha value is -2.04. The molecule has 0 bridgehead atoms. The van der Waals surface area contributed by atoms with Gasteiger partial charge in [-0.05, 0) is 44.7 Å². The molecule has 0 spiro atoms. The predicted molar refractivity (Wildman–Crippen MR) is 70.8 cm³/mol. The van der Waals surface area contributed by atoms with Crippen LogP contribution in [0.2, 0.25) is 0 Å². The first kappa shape index (κ1) is 14.4. The van der Waals surface area contributed by atoms with Crippen LogP contribution in [0.3, 0.4) is 0 Å². The molecular formula is C15H18NO4-. The number of benzene rings is 1. The first-order valence-electron chi connectivity index (χ1n) is 6.56. The summed E-state index contributed by atoms with van der Waals surface area (Å²) in [5.41, 5.74) is -0.701. The van der Waals surface area contributed by atoms with Gasteiger partial charge in [0.05, 0.1) is 5.97 Å². The van der Waals surface area contributed by atoms with Crippen molar-refractivity contribution in [1.29, 1.82) is 0 Å². The summed E-state index contributed by atoms with van der Waals surface area (Å²) in [6.07, 6.45) is 0.104. The van der Waals surface area contributed by atoms with Gasteiger partial charge in [0, 0.05) is 0 Å². The Morgan fingerprint density at radius 3 is 2.55 bits per heavy atom. The summed E-state index contributed by atoms with van der Waals surface area (Å²) in [4.78, 5) is 23.5. The van der Waals surface area contributed by atoms with E-state index in [9.17, 15) is 14.7 Å². The molecule has 0 fully saturated rings. The van der Waals surface area contributed by atoms with Crippen LogP contribution in [0.5, 0.6) is 0 Å². The van der Waals surface area contributed by atoms with Crippen molar-refractivity contribution in [2.45, 2.75) is 44.8 Å². The Bertz CT molecular complexity index is 547. The number of hydrogen-bond donors (Lipinski definition) is 1. The summed E-state index contributed by atoms with van der Waals surface area (Å²) in [6, 6.07) is 7.16. The molecule has 0 radical (unpaired) electrons. The molecule has 1 aliphatic rings. The van der Waals surface area contributed by atoms with E-state index in [1.54, 1.807) is 32.9 Å². The van der Waals surface area contributed by atoms with Crippen LogP contribution < -0.4 is 10.4 Å². The van der Waals surface area contributed by atoms with Crippen LogP contribution in [0.1, 0.15) is 38.3 Å². The monoisotopic (exact) mass is 276 g/mol. The molecule has 1 aliphatic carbocycles. The number of hydrogen-bond acceptors (Lipinski definition) is 4. The Balaban J connectivity index is 2.30. The third-order valence-corrected chi connectivity index (χ3v) is 3.31. The highest BCUT2D eigenvalue weighted by atomic mass is 16.6. The van der Waals surface area contributed by atoms with Gasteiger partial charge in [-0.25, -0.2) is 4.79 Å². The number of alkyl carbamates (subject to hydrolysis) is 1. The van der Waals surface area contributed by atoms with Crippen molar-refractivity contribution in [1.82, 2.24) is 5.32 Å². The van der Waals surface area contributed by atoms with Gasteiger partial charge in [0.2, 0.25) is 0 Å². The molecule has 0 heterocycles. The van der Waals surface area contributed by atoms with E-state index in [4.69, 9.17) is 4.74 Å². The molecule has 0 unspecified atom stereocenters. The first-order chi connectivity index (χ1) is 9.24. The van der Waals surface area contributed by atoms with Crippen molar-refractivity contribution in [2.75, 3.05) is 0 Å². The molecule has 20 heavy (non-hydrogen) atoms. The van der Waals surface area contributed by atoms with Gasteiger partial charge in [-0.2, -0.15) is 0 Å². The van der Waals surface area contributed by atoms with E-state index in [2.05, 4.69) is 5.32 Å². The fourth-order valence-corrected chi connectivity index (χ4v) is 2.48. The molecule has 1 atom stereocenters. The van der Waals surface area contributed by atoms with E-state index in [0.717, 1.165) is 5.56 Å². The second-order valence-corrected chi connectivity index (χ2v) is 5.98. The summed E-state index contributed by atoms with van der Waals surface area (Å²) >= 11 is 0. The number of rotatable bonds is 2. The maximum atomic E-state index is 11.9. The fourth-order valence-electron chi connectivity index (χ4n) is 2.48. The normalized spacial score (nSPS) is 21.1. The lowest BCUT2D eigenvalue weighted by atomic mass is 9.92. The zero-order valence-electron chi connectivity index (χ0n) is 11.9. The third-order valence-electron chi connectivity index (χ3n) is 3.31. The van der Waals surface area contributed by atoms with Crippen molar-refractivity contribution in [3.63, 3.8) is 0 Å². The maximum Gasteiger partial charge on any atom is 0.408 e. The molecule has 2 rings (SSSR count). The quantitative estimate of drug-likeness (QED) is 0.877. The van der Waals surface area contributed by atoms with Gasteiger partial charge >= 0.3 is 6.09 Å². The average Bonchev–Trinajstić information content (AvgIpc) is 2.67. The number of carboxylic acid groups (broad SMARTS) is 1. The van der Waals surface area contributed by atoms with Gasteiger partial charge in [0.25, 0.3) is 0 Å². The van der Waals surface area contributed by atoms with Gasteiger partial charge in [0.1, 0.15) is 11.1 Å². The van der Waals surface area contributed by atoms with Crippen LogP contribution in [0.15, 0.2) is 24.3 Å². The maximum absolute atomic E-state index is 11.9. The molecule has 5 heteroatoms. The lowest BCUT2D eigenvalue weighted by Crippen LogP contribution is -2.57. The number of carbonyl (C=O) groups is 2. The highest BCUT2D eigenvalue weighted by Gasteiger charge is 2.42. The molecule has 0 saturated carbocycles. The largest absolute Gasteiger partial charge is 0.547 e. The number of fused-ring (bicyclic) bond motifs is 1. The van der Waals surface area contributed by atoms with Gasteiger partial charge in [-0.1, -0.05) is 24.3 Å². The minimum absolute atomic E-state index is 0.272. The molecule has 1 aromatic carbocycles. The summed E-state index contributed by atoms with van der Waals surface area (Å²) in [5, 5.41) is 14.1. The molecule has 5 nitrogen and oxygen atoms in total. The number of amides is 1. The topological polar surface area (TPSA) is 78.5 Å². The van der Waals surface area contributed by atoms with Crippen LogP contribution in [-0.2, 0) is 21.5 Å². The zero-order valence-corrected chi connectivity index (χ0v) is 11.9. The highest BCUT2D eigenvalue weighted by Crippen LogP contribution is 2.36. The smallest absolute Gasteiger partial charge is 0.408 e. The Morgan fingerprint density at radius 2 is 1.95 bits per heavy atom. The van der Waals surface area contributed by atoms with E-state index in [1.165, 1.54) is 0 Å². The Labute approximate surface area is 117 Å². The number of aryl methyl sites for hydroxylation is 1. The molecule has 1 amide bonds. The lowest BCUT2D eigenvalue weighted by molar-refractivity contribution is -0.315. The van der Waals surface area contributed by atoms with Crippen molar-refractivity contribution in [3.8, 4) is 0 Å². The Kier molecular flexibility index (Phi) is 3.46. The van der Waals surface area contributed by atoms with Crippen LogP contribution in [0.25, 0.3) is 0 Å². The van der Waals surface area contributed by atoms with Crippen LogP contribution in [-0.4, -0.2) is 17.7 Å². The van der Waals surface area contributed by atoms with Gasteiger partial charge in [-0.15, -0.1) is 0 Å². The minimum Gasteiger partial charge on any atom is -0.547 e. The standard InChI is InChI=1S/C15H19NO4/c1-14(2,3)20-13(19)16-15(12(17)18)9-8-10-6-4-5-7-11(10)15/h4-7H,8-9H2,1-3H3,(H,16,19)(H,17,18)/p-1/t15-/m1/s1. The van der Waals surface area contributed by atoms with E-state index in [0.29, 0.717) is 12.0 Å². The fraction of sp³-hybridized carbons (Fsp3) is 0.467. The van der Waals surface area contributed by atoms with Gasteiger partial charge in [0.15, 0.2) is 0 Å². The van der Waals surface area contributed by atoms with E-state index >= 15 is 0 Å². The van der Waals surface area contributed by atoms with E-state index in [1.807, 2.05) is 12.1 Å². The van der Waals surface area contributed by atoms with Gasteiger partial charge < -0.3 is 20.0 Å². The van der Waals surface area contributed by atoms with Crippen molar-refractivity contribution in [2.24, 2.45) is 0 Å². The SMILES string of the molecule is CC(C)(C)OC(=O)N[C@]1(C(=O)[O-])CCc2ccccc21. The van der Waals surface area contributed by atoms with E-state index in [-0.39, 0.29) is 6.42 Å². The first-order valence-corrected chi connectivity index (χ1v) is 6.56. The lowest BCUT2D eigenvalue weighted by Gasteiger charge is -2.33.